The number of hydrogen-bond acceptors (Lipinski definition) is 6. The predicted molar refractivity (Wildman–Crippen MR) is 80.3 cm³/mol. The van der Waals surface area contributed by atoms with Gasteiger partial charge in [-0.2, -0.15) is 0 Å². The highest BCUT2D eigenvalue weighted by Crippen LogP contribution is 1.91. The Kier molecular flexibility index (Phi) is 12.2. The van der Waals surface area contributed by atoms with Crippen molar-refractivity contribution in [1.82, 2.24) is 15.5 Å². The van der Waals surface area contributed by atoms with Crippen LogP contribution in [0.5, 0.6) is 0 Å². The fourth-order valence-electron chi connectivity index (χ4n) is 1.99. The standard InChI is InChI=1S/C14H31N3O3/c1-2-15-5-9-18-11-13-20-14-12-19-10-8-17-6-3-16-4-7-17/h15-16H,2-14H2,1H3. The van der Waals surface area contributed by atoms with Crippen LogP contribution in [0.4, 0.5) is 0 Å². The molecule has 0 amide bonds. The molecule has 0 aromatic rings. The summed E-state index contributed by atoms with van der Waals surface area (Å²) < 4.78 is 16.4. The molecule has 1 aliphatic heterocycles. The molecule has 1 saturated heterocycles. The number of nitrogens with one attached hydrogen (secondary N) is 2. The van der Waals surface area contributed by atoms with Crippen molar-refractivity contribution >= 4 is 0 Å². The maximum atomic E-state index is 5.56. The van der Waals surface area contributed by atoms with E-state index in [9.17, 15) is 0 Å². The van der Waals surface area contributed by atoms with Crippen molar-refractivity contribution in [2.24, 2.45) is 0 Å². The summed E-state index contributed by atoms with van der Waals surface area (Å²) in [6, 6.07) is 0. The van der Waals surface area contributed by atoms with Gasteiger partial charge < -0.3 is 24.8 Å². The van der Waals surface area contributed by atoms with Crippen LogP contribution in [0.2, 0.25) is 0 Å². The fourth-order valence-corrected chi connectivity index (χ4v) is 1.99. The van der Waals surface area contributed by atoms with Crippen LogP contribution in [0.25, 0.3) is 0 Å². The Hall–Kier alpha value is -0.240. The third-order valence-electron chi connectivity index (χ3n) is 3.18. The molecule has 1 rings (SSSR count). The first-order chi connectivity index (χ1) is 9.93. The Balaban J connectivity index is 1.70. The van der Waals surface area contributed by atoms with Gasteiger partial charge in [0.15, 0.2) is 0 Å². The summed E-state index contributed by atoms with van der Waals surface area (Å²) in [6.07, 6.45) is 0. The van der Waals surface area contributed by atoms with E-state index in [1.807, 2.05) is 0 Å². The topological polar surface area (TPSA) is 55.0 Å². The van der Waals surface area contributed by atoms with Gasteiger partial charge in [-0.15, -0.1) is 0 Å². The van der Waals surface area contributed by atoms with Gasteiger partial charge in [0.05, 0.1) is 39.6 Å². The van der Waals surface area contributed by atoms with Gasteiger partial charge in [-0.05, 0) is 6.54 Å². The lowest BCUT2D eigenvalue weighted by Gasteiger charge is -2.26. The molecule has 6 nitrogen and oxygen atoms in total. The Morgan fingerprint density at radius 3 is 2.15 bits per heavy atom. The van der Waals surface area contributed by atoms with Gasteiger partial charge in [-0.3, -0.25) is 4.90 Å². The van der Waals surface area contributed by atoms with E-state index in [0.29, 0.717) is 26.4 Å². The molecule has 0 radical (unpaired) electrons. The van der Waals surface area contributed by atoms with E-state index in [0.717, 1.165) is 59.0 Å². The maximum Gasteiger partial charge on any atom is 0.0701 e. The lowest BCUT2D eigenvalue weighted by molar-refractivity contribution is 0.0107. The summed E-state index contributed by atoms with van der Waals surface area (Å²) in [5.74, 6) is 0. The maximum absolute atomic E-state index is 5.56. The zero-order chi connectivity index (χ0) is 14.3. The smallest absolute Gasteiger partial charge is 0.0701 e. The SMILES string of the molecule is CCNCCOCCOCCOCCN1CCNCC1. The quantitative estimate of drug-likeness (QED) is 0.448. The summed E-state index contributed by atoms with van der Waals surface area (Å²) in [4.78, 5) is 2.43. The van der Waals surface area contributed by atoms with Gasteiger partial charge in [0.1, 0.15) is 0 Å². The van der Waals surface area contributed by atoms with E-state index in [2.05, 4.69) is 22.5 Å². The van der Waals surface area contributed by atoms with Crippen LogP contribution in [0.15, 0.2) is 0 Å². The third-order valence-corrected chi connectivity index (χ3v) is 3.18. The number of ether oxygens (including phenoxy) is 3. The number of hydrogen-bond donors (Lipinski definition) is 2. The van der Waals surface area contributed by atoms with Crippen LogP contribution < -0.4 is 10.6 Å². The molecule has 1 heterocycles. The van der Waals surface area contributed by atoms with Crippen LogP contribution >= 0.6 is 0 Å². The van der Waals surface area contributed by atoms with Crippen molar-refractivity contribution in [3.63, 3.8) is 0 Å². The molecule has 1 aliphatic rings. The molecule has 0 spiro atoms. The van der Waals surface area contributed by atoms with Crippen LogP contribution in [-0.2, 0) is 14.2 Å². The molecule has 0 aliphatic carbocycles. The predicted octanol–water partition coefficient (Wildman–Crippen LogP) is -0.449. The van der Waals surface area contributed by atoms with Crippen LogP contribution in [0.3, 0.4) is 0 Å². The molecule has 0 saturated carbocycles. The molecular formula is C14H31N3O3. The molecule has 20 heavy (non-hydrogen) atoms. The average molecular weight is 289 g/mol. The van der Waals surface area contributed by atoms with E-state index >= 15 is 0 Å². The first-order valence-corrected chi connectivity index (χ1v) is 7.80. The molecule has 0 unspecified atom stereocenters. The normalized spacial score (nSPS) is 16.6. The fraction of sp³-hybridized carbons (Fsp3) is 1.00. The van der Waals surface area contributed by atoms with E-state index in [4.69, 9.17) is 14.2 Å². The summed E-state index contributed by atoms with van der Waals surface area (Å²) in [7, 11) is 0. The molecule has 1 fully saturated rings. The molecule has 0 bridgehead atoms. The highest BCUT2D eigenvalue weighted by Gasteiger charge is 2.08. The largest absolute Gasteiger partial charge is 0.378 e. The Morgan fingerprint density at radius 2 is 1.50 bits per heavy atom. The first-order valence-electron chi connectivity index (χ1n) is 7.80. The van der Waals surface area contributed by atoms with Crippen molar-refractivity contribution in [1.29, 1.82) is 0 Å². The highest BCUT2D eigenvalue weighted by molar-refractivity contribution is 4.66. The van der Waals surface area contributed by atoms with E-state index in [1.165, 1.54) is 0 Å². The number of rotatable bonds is 13. The van der Waals surface area contributed by atoms with Crippen LogP contribution in [0, 0.1) is 0 Å². The second-order valence-corrected chi connectivity index (χ2v) is 4.78. The Morgan fingerprint density at radius 1 is 0.900 bits per heavy atom. The second kappa shape index (κ2) is 13.7. The molecule has 0 aromatic heterocycles. The van der Waals surface area contributed by atoms with Crippen LogP contribution in [0.1, 0.15) is 6.92 Å². The highest BCUT2D eigenvalue weighted by atomic mass is 16.5. The summed E-state index contributed by atoms with van der Waals surface area (Å²) in [6.45, 7) is 13.6. The summed E-state index contributed by atoms with van der Waals surface area (Å²) >= 11 is 0. The zero-order valence-electron chi connectivity index (χ0n) is 12.9. The number of nitrogens with zero attached hydrogens (tertiary/aromatic N) is 1. The third kappa shape index (κ3) is 10.5. The molecule has 2 N–H and O–H groups in total. The molecule has 6 heteroatoms. The average Bonchev–Trinajstić information content (AvgIpc) is 2.49. The van der Waals surface area contributed by atoms with Crippen molar-refractivity contribution < 1.29 is 14.2 Å². The minimum Gasteiger partial charge on any atom is -0.378 e. The lowest BCUT2D eigenvalue weighted by Crippen LogP contribution is -2.44. The minimum atomic E-state index is 0.646. The van der Waals surface area contributed by atoms with E-state index in [-0.39, 0.29) is 0 Å². The molecule has 0 aromatic carbocycles. The van der Waals surface area contributed by atoms with Gasteiger partial charge in [0, 0.05) is 39.3 Å². The Labute approximate surface area is 123 Å². The van der Waals surface area contributed by atoms with E-state index < -0.39 is 0 Å². The zero-order valence-corrected chi connectivity index (χ0v) is 12.9. The number of likely N-dealkylation sites (N-methyl/N-ethyl adjacent to an activating group) is 1. The van der Waals surface area contributed by atoms with Gasteiger partial charge in [-0.1, -0.05) is 6.92 Å². The summed E-state index contributed by atoms with van der Waals surface area (Å²) in [5, 5.41) is 6.55. The van der Waals surface area contributed by atoms with Gasteiger partial charge >= 0.3 is 0 Å². The van der Waals surface area contributed by atoms with E-state index in [1.54, 1.807) is 0 Å². The van der Waals surface area contributed by atoms with Crippen molar-refractivity contribution in [2.45, 2.75) is 6.92 Å². The van der Waals surface area contributed by atoms with Crippen molar-refractivity contribution in [2.75, 3.05) is 85.5 Å². The van der Waals surface area contributed by atoms with Gasteiger partial charge in [0.2, 0.25) is 0 Å². The number of piperazine rings is 1. The van der Waals surface area contributed by atoms with Gasteiger partial charge in [0.25, 0.3) is 0 Å². The van der Waals surface area contributed by atoms with Crippen LogP contribution in [-0.4, -0.2) is 90.4 Å². The Bertz CT molecular complexity index is 202. The van der Waals surface area contributed by atoms with Gasteiger partial charge in [-0.25, -0.2) is 0 Å². The molecule has 120 valence electrons. The minimum absolute atomic E-state index is 0.646. The second-order valence-electron chi connectivity index (χ2n) is 4.78. The van der Waals surface area contributed by atoms with Crippen molar-refractivity contribution in [3.05, 3.63) is 0 Å². The van der Waals surface area contributed by atoms with Crippen molar-refractivity contribution in [3.8, 4) is 0 Å². The molecule has 0 atom stereocenters. The monoisotopic (exact) mass is 289 g/mol. The lowest BCUT2D eigenvalue weighted by atomic mass is 10.4. The first kappa shape index (κ1) is 17.8. The molecular weight excluding hydrogens is 258 g/mol. The summed E-state index contributed by atoms with van der Waals surface area (Å²) in [5.41, 5.74) is 0.